The van der Waals surface area contributed by atoms with Gasteiger partial charge in [-0.25, -0.2) is 4.79 Å². The summed E-state index contributed by atoms with van der Waals surface area (Å²) in [5.41, 5.74) is 1.45. The molecule has 0 bridgehead atoms. The van der Waals surface area contributed by atoms with Gasteiger partial charge in [0.2, 0.25) is 5.91 Å². The predicted molar refractivity (Wildman–Crippen MR) is 104 cm³/mol. The van der Waals surface area contributed by atoms with E-state index in [1.165, 1.54) is 0 Å². The van der Waals surface area contributed by atoms with Crippen LogP contribution in [0.2, 0.25) is 0 Å². The first-order chi connectivity index (χ1) is 13.5. The van der Waals surface area contributed by atoms with Crippen molar-refractivity contribution >= 4 is 17.8 Å². The third kappa shape index (κ3) is 3.64. The zero-order valence-corrected chi connectivity index (χ0v) is 16.1. The molecule has 1 aliphatic heterocycles. The minimum Gasteiger partial charge on any atom is -0.480 e. The molecule has 1 aromatic rings. The summed E-state index contributed by atoms with van der Waals surface area (Å²) in [6.07, 6.45) is 7.17. The Labute approximate surface area is 165 Å². The zero-order valence-electron chi connectivity index (χ0n) is 16.1. The molecule has 3 fully saturated rings. The van der Waals surface area contributed by atoms with E-state index in [0.717, 1.165) is 50.5 Å². The number of carboxylic acid groups (broad SMARTS) is 1. The minimum absolute atomic E-state index is 0.0894. The molecular weight excluding hydrogens is 356 g/mol. The van der Waals surface area contributed by atoms with Crippen molar-refractivity contribution in [2.24, 2.45) is 17.8 Å². The summed E-state index contributed by atoms with van der Waals surface area (Å²) in [6.45, 7) is 0.995. The molecule has 0 aromatic heterocycles. The number of nitrogens with one attached hydrogen (secondary N) is 1. The fourth-order valence-corrected chi connectivity index (χ4v) is 5.28. The monoisotopic (exact) mass is 384 g/mol. The van der Waals surface area contributed by atoms with Crippen molar-refractivity contribution in [3.63, 3.8) is 0 Å². The maximum absolute atomic E-state index is 12.9. The van der Waals surface area contributed by atoms with Crippen molar-refractivity contribution in [2.75, 3.05) is 6.54 Å². The van der Waals surface area contributed by atoms with Gasteiger partial charge in [-0.2, -0.15) is 0 Å². The Bertz CT molecular complexity index is 754. The zero-order chi connectivity index (χ0) is 19.7. The molecule has 6 heteroatoms. The summed E-state index contributed by atoms with van der Waals surface area (Å²) in [4.78, 5) is 38.4. The van der Waals surface area contributed by atoms with Gasteiger partial charge in [0.1, 0.15) is 6.04 Å². The molecule has 3 unspecified atom stereocenters. The number of fused-ring (bicyclic) bond motifs is 1. The van der Waals surface area contributed by atoms with Gasteiger partial charge in [0, 0.05) is 24.6 Å². The number of carboxylic acids is 1. The van der Waals surface area contributed by atoms with Crippen molar-refractivity contribution in [1.82, 2.24) is 10.2 Å². The number of likely N-dealkylation sites (tertiary alicyclic amines) is 1. The van der Waals surface area contributed by atoms with E-state index < -0.39 is 12.0 Å². The van der Waals surface area contributed by atoms with Gasteiger partial charge >= 0.3 is 5.97 Å². The van der Waals surface area contributed by atoms with E-state index in [2.05, 4.69) is 5.32 Å². The molecule has 28 heavy (non-hydrogen) atoms. The van der Waals surface area contributed by atoms with Crippen molar-refractivity contribution in [1.29, 1.82) is 0 Å². The van der Waals surface area contributed by atoms with E-state index in [-0.39, 0.29) is 23.7 Å². The average Bonchev–Trinajstić information content (AvgIpc) is 3.42. The van der Waals surface area contributed by atoms with Gasteiger partial charge in [0.25, 0.3) is 5.91 Å². The molecule has 1 heterocycles. The van der Waals surface area contributed by atoms with E-state index in [0.29, 0.717) is 24.6 Å². The molecule has 6 nitrogen and oxygen atoms in total. The van der Waals surface area contributed by atoms with Gasteiger partial charge in [0.05, 0.1) is 0 Å². The molecule has 2 amide bonds. The number of hydrogen-bond donors (Lipinski definition) is 2. The third-order valence-electron chi connectivity index (χ3n) is 6.80. The highest BCUT2D eigenvalue weighted by atomic mass is 16.4. The molecule has 2 saturated carbocycles. The molecule has 150 valence electrons. The lowest BCUT2D eigenvalue weighted by molar-refractivity contribution is -0.142. The second-order valence-electron chi connectivity index (χ2n) is 8.49. The van der Waals surface area contributed by atoms with Crippen LogP contribution in [0.25, 0.3) is 0 Å². The highest BCUT2D eigenvalue weighted by molar-refractivity contribution is 5.97. The number of hydrogen-bond acceptors (Lipinski definition) is 3. The molecule has 0 spiro atoms. The lowest BCUT2D eigenvalue weighted by Crippen LogP contribution is -2.43. The van der Waals surface area contributed by atoms with E-state index in [9.17, 15) is 19.5 Å². The third-order valence-corrected chi connectivity index (χ3v) is 6.80. The average molecular weight is 384 g/mol. The Hall–Kier alpha value is -2.37. The summed E-state index contributed by atoms with van der Waals surface area (Å²) in [5.74, 6) is -0.437. The highest BCUT2D eigenvalue weighted by Crippen LogP contribution is 2.42. The molecular formula is C22H28N2O4. The number of carbonyl (C=O) groups is 3. The first-order valence-electron chi connectivity index (χ1n) is 10.4. The van der Waals surface area contributed by atoms with Crippen LogP contribution < -0.4 is 5.32 Å². The van der Waals surface area contributed by atoms with Crippen LogP contribution in [-0.2, 0) is 16.1 Å². The SMILES string of the molecule is O=C(NCc1ccc(C(=O)N2CC3CCCC3C2C(=O)O)cc1)C1CCCC1. The number of rotatable bonds is 5. The fraction of sp³-hybridized carbons (Fsp3) is 0.591. The Morgan fingerprint density at radius 2 is 1.71 bits per heavy atom. The molecule has 3 atom stereocenters. The fourth-order valence-electron chi connectivity index (χ4n) is 5.28. The second kappa shape index (κ2) is 7.94. The van der Waals surface area contributed by atoms with Crippen LogP contribution >= 0.6 is 0 Å². The first kappa shape index (κ1) is 19.0. The quantitative estimate of drug-likeness (QED) is 0.817. The highest BCUT2D eigenvalue weighted by Gasteiger charge is 2.49. The van der Waals surface area contributed by atoms with Gasteiger partial charge in [-0.3, -0.25) is 9.59 Å². The normalized spacial score (nSPS) is 27.0. The number of nitrogens with zero attached hydrogens (tertiary/aromatic N) is 1. The lowest BCUT2D eigenvalue weighted by atomic mass is 9.94. The van der Waals surface area contributed by atoms with Crippen LogP contribution in [0, 0.1) is 17.8 Å². The minimum atomic E-state index is -0.894. The van der Waals surface area contributed by atoms with Crippen molar-refractivity contribution in [2.45, 2.75) is 57.5 Å². The van der Waals surface area contributed by atoms with Crippen LogP contribution in [0.5, 0.6) is 0 Å². The smallest absolute Gasteiger partial charge is 0.326 e. The largest absolute Gasteiger partial charge is 0.480 e. The number of amides is 2. The van der Waals surface area contributed by atoms with E-state index >= 15 is 0 Å². The van der Waals surface area contributed by atoms with Crippen molar-refractivity contribution in [3.05, 3.63) is 35.4 Å². The van der Waals surface area contributed by atoms with E-state index in [1.807, 2.05) is 12.1 Å². The summed E-state index contributed by atoms with van der Waals surface area (Å²) in [6, 6.07) is 6.47. The Balaban J connectivity index is 1.38. The molecule has 1 aromatic carbocycles. The first-order valence-corrected chi connectivity index (χ1v) is 10.4. The van der Waals surface area contributed by atoms with Crippen LogP contribution in [0.3, 0.4) is 0 Å². The van der Waals surface area contributed by atoms with Crippen LogP contribution in [0.4, 0.5) is 0 Å². The maximum Gasteiger partial charge on any atom is 0.326 e. The molecule has 3 aliphatic rings. The molecule has 2 N–H and O–H groups in total. The van der Waals surface area contributed by atoms with Crippen LogP contribution in [0.15, 0.2) is 24.3 Å². The number of carbonyl (C=O) groups excluding carboxylic acids is 2. The van der Waals surface area contributed by atoms with Gasteiger partial charge < -0.3 is 15.3 Å². The Morgan fingerprint density at radius 1 is 1.00 bits per heavy atom. The molecule has 0 radical (unpaired) electrons. The van der Waals surface area contributed by atoms with E-state index in [4.69, 9.17) is 0 Å². The predicted octanol–water partition coefficient (Wildman–Crippen LogP) is 2.82. The van der Waals surface area contributed by atoms with Crippen LogP contribution in [0.1, 0.15) is 60.9 Å². The van der Waals surface area contributed by atoms with Crippen molar-refractivity contribution in [3.8, 4) is 0 Å². The number of benzene rings is 1. The standard InChI is InChI=1S/C22H28N2O4/c25-20(15-4-1-2-5-15)23-12-14-8-10-16(11-9-14)21(26)24-13-17-6-3-7-18(17)19(24)22(27)28/h8-11,15,17-19H,1-7,12-13H2,(H,23,25)(H,27,28). The molecule has 4 rings (SSSR count). The second-order valence-corrected chi connectivity index (χ2v) is 8.49. The van der Waals surface area contributed by atoms with Gasteiger partial charge in [-0.1, -0.05) is 31.4 Å². The Morgan fingerprint density at radius 3 is 2.39 bits per heavy atom. The Kier molecular flexibility index (Phi) is 5.38. The van der Waals surface area contributed by atoms with Crippen LogP contribution in [-0.4, -0.2) is 40.4 Å². The van der Waals surface area contributed by atoms with E-state index in [1.54, 1.807) is 17.0 Å². The van der Waals surface area contributed by atoms with Gasteiger partial charge in [-0.15, -0.1) is 0 Å². The molecule has 2 aliphatic carbocycles. The maximum atomic E-state index is 12.9. The summed E-state index contributed by atoms with van der Waals surface area (Å²) < 4.78 is 0. The lowest BCUT2D eigenvalue weighted by Gasteiger charge is -2.24. The van der Waals surface area contributed by atoms with Gasteiger partial charge in [-0.05, 0) is 55.2 Å². The molecule has 1 saturated heterocycles. The summed E-state index contributed by atoms with van der Waals surface area (Å²) >= 11 is 0. The van der Waals surface area contributed by atoms with Crippen molar-refractivity contribution < 1.29 is 19.5 Å². The summed E-state index contributed by atoms with van der Waals surface area (Å²) in [5, 5.41) is 12.6. The van der Waals surface area contributed by atoms with Gasteiger partial charge in [0.15, 0.2) is 0 Å². The topological polar surface area (TPSA) is 86.7 Å². The number of aliphatic carboxylic acids is 1. The summed E-state index contributed by atoms with van der Waals surface area (Å²) in [7, 11) is 0.